The number of aromatic nitrogens is 3. The normalized spacial score (nSPS) is 12.6. The first-order chi connectivity index (χ1) is 18.0. The van der Waals surface area contributed by atoms with Crippen molar-refractivity contribution in [2.45, 2.75) is 52.6 Å². The van der Waals surface area contributed by atoms with E-state index in [4.69, 9.17) is 9.72 Å². The van der Waals surface area contributed by atoms with Gasteiger partial charge in [-0.1, -0.05) is 93.4 Å². The molecule has 0 radical (unpaired) electrons. The number of aromatic hydroxyl groups is 1. The molecule has 6 nitrogen and oxygen atoms in total. The van der Waals surface area contributed by atoms with Crippen molar-refractivity contribution < 1.29 is 14.6 Å². The summed E-state index contributed by atoms with van der Waals surface area (Å²) < 4.78 is 5.75. The lowest BCUT2D eigenvalue weighted by atomic mass is 9.99. The lowest BCUT2D eigenvalue weighted by Gasteiger charge is -2.19. The Labute approximate surface area is 218 Å². The van der Waals surface area contributed by atoms with Crippen LogP contribution in [0.5, 0.6) is 5.75 Å². The molecule has 0 spiro atoms. The van der Waals surface area contributed by atoms with Gasteiger partial charge in [0, 0.05) is 11.1 Å². The van der Waals surface area contributed by atoms with Crippen LogP contribution >= 0.6 is 0 Å². The van der Waals surface area contributed by atoms with E-state index < -0.39 is 6.10 Å². The maximum atomic E-state index is 12.7. The molecule has 0 fully saturated rings. The number of ether oxygens (including phenoxy) is 1. The summed E-state index contributed by atoms with van der Waals surface area (Å²) in [6.07, 6.45) is 3.14. The molecule has 2 atom stereocenters. The van der Waals surface area contributed by atoms with Crippen LogP contribution < -0.4 is 0 Å². The number of phenolic OH excluding ortho intramolecular Hbond substituents is 1. The SMILES string of the molecule is CCCCC(CC)C(=O)OC(C)c1ccc(-c2nc(-c3ccccc3)nc(-c3ccccc3)n2)c(O)c1. The molecule has 0 bridgehead atoms. The zero-order valence-electron chi connectivity index (χ0n) is 21.6. The molecule has 4 aromatic rings. The molecule has 1 heterocycles. The highest BCUT2D eigenvalue weighted by atomic mass is 16.5. The van der Waals surface area contributed by atoms with Gasteiger partial charge < -0.3 is 9.84 Å². The van der Waals surface area contributed by atoms with Crippen molar-refractivity contribution in [1.82, 2.24) is 15.0 Å². The summed E-state index contributed by atoms with van der Waals surface area (Å²) in [4.78, 5) is 26.7. The second kappa shape index (κ2) is 12.3. The van der Waals surface area contributed by atoms with Crippen LogP contribution in [0.25, 0.3) is 34.2 Å². The molecule has 0 amide bonds. The average molecular weight is 496 g/mol. The third-order valence-electron chi connectivity index (χ3n) is 6.46. The fraction of sp³-hybridized carbons (Fsp3) is 0.290. The Kier molecular flexibility index (Phi) is 8.62. The van der Waals surface area contributed by atoms with E-state index in [0.717, 1.165) is 36.8 Å². The number of phenols is 1. The molecule has 190 valence electrons. The van der Waals surface area contributed by atoms with Crippen LogP contribution in [-0.4, -0.2) is 26.0 Å². The van der Waals surface area contributed by atoms with Gasteiger partial charge in [0.2, 0.25) is 0 Å². The zero-order chi connectivity index (χ0) is 26.2. The van der Waals surface area contributed by atoms with Crippen LogP contribution in [-0.2, 0) is 9.53 Å². The van der Waals surface area contributed by atoms with Crippen LogP contribution in [0, 0.1) is 5.92 Å². The van der Waals surface area contributed by atoms with Gasteiger partial charge >= 0.3 is 5.97 Å². The number of hydrogen-bond acceptors (Lipinski definition) is 6. The summed E-state index contributed by atoms with van der Waals surface area (Å²) in [5, 5.41) is 11.0. The van der Waals surface area contributed by atoms with E-state index in [-0.39, 0.29) is 17.6 Å². The van der Waals surface area contributed by atoms with Crippen molar-refractivity contribution in [1.29, 1.82) is 0 Å². The van der Waals surface area contributed by atoms with Crippen molar-refractivity contribution in [3.63, 3.8) is 0 Å². The number of rotatable bonds is 10. The fourth-order valence-corrected chi connectivity index (χ4v) is 4.20. The maximum Gasteiger partial charge on any atom is 0.309 e. The average Bonchev–Trinajstić information content (AvgIpc) is 2.94. The minimum Gasteiger partial charge on any atom is -0.507 e. The Morgan fingerprint density at radius 3 is 1.92 bits per heavy atom. The van der Waals surface area contributed by atoms with Crippen molar-refractivity contribution in [2.24, 2.45) is 5.92 Å². The number of benzene rings is 3. The quantitative estimate of drug-likeness (QED) is 0.231. The first kappa shape index (κ1) is 26.0. The predicted molar refractivity (Wildman–Crippen MR) is 146 cm³/mol. The number of carbonyl (C=O) groups excluding carboxylic acids is 1. The van der Waals surface area contributed by atoms with Gasteiger partial charge in [-0.15, -0.1) is 0 Å². The van der Waals surface area contributed by atoms with Crippen LogP contribution in [0.15, 0.2) is 78.9 Å². The Balaban J connectivity index is 1.65. The number of esters is 1. The first-order valence-corrected chi connectivity index (χ1v) is 12.9. The molecule has 1 N–H and O–H groups in total. The number of unbranched alkanes of at least 4 members (excludes halogenated alkanes) is 1. The summed E-state index contributed by atoms with van der Waals surface area (Å²) in [7, 11) is 0. The molecule has 0 aliphatic rings. The monoisotopic (exact) mass is 495 g/mol. The molecule has 2 unspecified atom stereocenters. The highest BCUT2D eigenvalue weighted by molar-refractivity contribution is 5.73. The van der Waals surface area contributed by atoms with E-state index in [1.807, 2.05) is 80.6 Å². The molecule has 6 heteroatoms. The lowest BCUT2D eigenvalue weighted by Crippen LogP contribution is -2.19. The molecule has 1 aromatic heterocycles. The van der Waals surface area contributed by atoms with Crippen LogP contribution in [0.4, 0.5) is 0 Å². The van der Waals surface area contributed by atoms with Crippen molar-refractivity contribution in [2.75, 3.05) is 0 Å². The molecule has 0 aliphatic carbocycles. The summed E-state index contributed by atoms with van der Waals surface area (Å²) in [5.74, 6) is 1.13. The first-order valence-electron chi connectivity index (χ1n) is 12.9. The van der Waals surface area contributed by atoms with E-state index in [1.165, 1.54) is 0 Å². The second-order valence-corrected chi connectivity index (χ2v) is 9.14. The second-order valence-electron chi connectivity index (χ2n) is 9.14. The van der Waals surface area contributed by atoms with Gasteiger partial charge in [0.15, 0.2) is 17.5 Å². The van der Waals surface area contributed by atoms with Crippen LogP contribution in [0.3, 0.4) is 0 Å². The Morgan fingerprint density at radius 1 is 0.838 bits per heavy atom. The standard InChI is InChI=1S/C31H33N3O3/c1-4-6-13-22(5-2)31(36)37-21(3)25-18-19-26(27(35)20-25)30-33-28(23-14-9-7-10-15-23)32-29(34-30)24-16-11-8-12-17-24/h7-12,14-22,35H,4-6,13H2,1-3H3. The lowest BCUT2D eigenvalue weighted by molar-refractivity contribution is -0.154. The maximum absolute atomic E-state index is 12.7. The molecular weight excluding hydrogens is 462 g/mol. The molecule has 0 saturated heterocycles. The smallest absolute Gasteiger partial charge is 0.309 e. The van der Waals surface area contributed by atoms with E-state index in [2.05, 4.69) is 16.9 Å². The minimum atomic E-state index is -0.485. The number of hydrogen-bond donors (Lipinski definition) is 1. The van der Waals surface area contributed by atoms with Gasteiger partial charge in [0.25, 0.3) is 0 Å². The summed E-state index contributed by atoms with van der Waals surface area (Å²) in [6, 6.07) is 24.6. The van der Waals surface area contributed by atoms with E-state index >= 15 is 0 Å². The summed E-state index contributed by atoms with van der Waals surface area (Å²) in [6.45, 7) is 5.95. The Hall–Kier alpha value is -4.06. The number of carbonyl (C=O) groups is 1. The molecule has 4 rings (SSSR count). The topological polar surface area (TPSA) is 85.2 Å². The van der Waals surface area contributed by atoms with Crippen molar-refractivity contribution >= 4 is 5.97 Å². The van der Waals surface area contributed by atoms with Crippen LogP contribution in [0.1, 0.15) is 58.1 Å². The molecule has 3 aromatic carbocycles. The van der Waals surface area contributed by atoms with E-state index in [9.17, 15) is 9.90 Å². The summed E-state index contributed by atoms with van der Waals surface area (Å²) in [5.41, 5.74) is 2.90. The highest BCUT2D eigenvalue weighted by Crippen LogP contribution is 2.33. The van der Waals surface area contributed by atoms with E-state index in [0.29, 0.717) is 28.6 Å². The predicted octanol–water partition coefficient (Wildman–Crippen LogP) is 7.40. The minimum absolute atomic E-state index is 0.0163. The zero-order valence-corrected chi connectivity index (χ0v) is 21.6. The molecule has 0 saturated carbocycles. The Bertz CT molecular complexity index is 1270. The van der Waals surface area contributed by atoms with Gasteiger partial charge in [0.1, 0.15) is 11.9 Å². The Morgan fingerprint density at radius 2 is 1.41 bits per heavy atom. The molecule has 0 aliphatic heterocycles. The van der Waals surface area contributed by atoms with E-state index in [1.54, 1.807) is 12.1 Å². The third kappa shape index (κ3) is 6.39. The van der Waals surface area contributed by atoms with Gasteiger partial charge in [-0.2, -0.15) is 0 Å². The molecular formula is C31H33N3O3. The van der Waals surface area contributed by atoms with Gasteiger partial charge in [-0.3, -0.25) is 4.79 Å². The largest absolute Gasteiger partial charge is 0.507 e. The third-order valence-corrected chi connectivity index (χ3v) is 6.46. The van der Waals surface area contributed by atoms with Crippen molar-refractivity contribution in [3.05, 3.63) is 84.4 Å². The molecule has 37 heavy (non-hydrogen) atoms. The number of nitrogens with zero attached hydrogens (tertiary/aromatic N) is 3. The van der Waals surface area contributed by atoms with Crippen LogP contribution in [0.2, 0.25) is 0 Å². The van der Waals surface area contributed by atoms with Gasteiger partial charge in [-0.05, 0) is 37.5 Å². The fourth-order valence-electron chi connectivity index (χ4n) is 4.20. The summed E-state index contributed by atoms with van der Waals surface area (Å²) >= 11 is 0. The van der Waals surface area contributed by atoms with Crippen molar-refractivity contribution in [3.8, 4) is 39.9 Å². The van der Waals surface area contributed by atoms with Gasteiger partial charge in [0.05, 0.1) is 11.5 Å². The van der Waals surface area contributed by atoms with Gasteiger partial charge in [-0.25, -0.2) is 15.0 Å². The highest BCUT2D eigenvalue weighted by Gasteiger charge is 2.22.